The van der Waals surface area contributed by atoms with Gasteiger partial charge in [-0.15, -0.1) is 0 Å². The minimum absolute atomic E-state index is 0.135. The van der Waals surface area contributed by atoms with Gasteiger partial charge in [0.15, 0.2) is 0 Å². The molecule has 2 atom stereocenters. The third-order valence-electron chi connectivity index (χ3n) is 3.51. The van der Waals surface area contributed by atoms with Crippen LogP contribution in [0.15, 0.2) is 0 Å². The average Bonchev–Trinajstić information content (AvgIpc) is 2.86. The van der Waals surface area contributed by atoms with Crippen LogP contribution in [0.2, 0.25) is 0 Å². The molecule has 5 nitrogen and oxygen atoms in total. The minimum atomic E-state index is -0.195. The second-order valence-corrected chi connectivity index (χ2v) is 4.74. The molecule has 2 fully saturated rings. The largest absolute Gasteiger partial charge is 0.464 e. The molecule has 0 bridgehead atoms. The van der Waals surface area contributed by atoms with Gasteiger partial charge in [-0.1, -0.05) is 0 Å². The van der Waals surface area contributed by atoms with Crippen molar-refractivity contribution in [2.24, 2.45) is 5.92 Å². The topological polar surface area (TPSA) is 56.8 Å². The van der Waals surface area contributed by atoms with Crippen LogP contribution in [-0.2, 0) is 19.0 Å². The first kappa shape index (κ1) is 12.8. The lowest BCUT2D eigenvalue weighted by Gasteiger charge is -2.22. The summed E-state index contributed by atoms with van der Waals surface area (Å²) in [6.07, 6.45) is 2.83. The summed E-state index contributed by atoms with van der Waals surface area (Å²) in [7, 11) is 1.67. The van der Waals surface area contributed by atoms with E-state index in [1.165, 1.54) is 0 Å². The fraction of sp³-hybridized carbons (Fsp3) is 0.917. The molecule has 17 heavy (non-hydrogen) atoms. The monoisotopic (exact) mass is 243 g/mol. The average molecular weight is 243 g/mol. The highest BCUT2D eigenvalue weighted by Gasteiger charge is 2.30. The summed E-state index contributed by atoms with van der Waals surface area (Å²) in [4.78, 5) is 11.8. The van der Waals surface area contributed by atoms with Crippen LogP contribution in [0.1, 0.15) is 19.3 Å². The molecule has 0 aliphatic carbocycles. The second kappa shape index (κ2) is 6.33. The Morgan fingerprint density at radius 1 is 1.41 bits per heavy atom. The lowest BCUT2D eigenvalue weighted by molar-refractivity contribution is -0.148. The summed E-state index contributed by atoms with van der Waals surface area (Å²) in [6.45, 7) is 2.83. The zero-order valence-electron chi connectivity index (χ0n) is 10.3. The van der Waals surface area contributed by atoms with E-state index in [2.05, 4.69) is 5.32 Å². The molecule has 0 saturated carbocycles. The maximum Gasteiger partial charge on any atom is 0.323 e. The number of hydrogen-bond acceptors (Lipinski definition) is 5. The Morgan fingerprint density at radius 2 is 2.18 bits per heavy atom. The molecule has 2 unspecified atom stereocenters. The molecular formula is C12H21NO4. The normalized spacial score (nSPS) is 30.4. The predicted molar refractivity (Wildman–Crippen MR) is 61.7 cm³/mol. The highest BCUT2D eigenvalue weighted by molar-refractivity contribution is 5.76. The van der Waals surface area contributed by atoms with E-state index >= 15 is 0 Å². The van der Waals surface area contributed by atoms with E-state index in [0.29, 0.717) is 18.9 Å². The van der Waals surface area contributed by atoms with E-state index in [9.17, 15) is 4.79 Å². The molecule has 0 amide bonds. The predicted octanol–water partition coefficient (Wildman–Crippen LogP) is 0.333. The van der Waals surface area contributed by atoms with Gasteiger partial charge in [0.2, 0.25) is 0 Å². The Bertz CT molecular complexity index is 253. The fourth-order valence-electron chi connectivity index (χ4n) is 2.28. The van der Waals surface area contributed by atoms with Crippen molar-refractivity contribution in [2.75, 3.05) is 33.5 Å². The Labute approximate surface area is 102 Å². The first-order valence-electron chi connectivity index (χ1n) is 6.30. The van der Waals surface area contributed by atoms with E-state index < -0.39 is 0 Å². The number of esters is 1. The fourth-order valence-corrected chi connectivity index (χ4v) is 2.28. The summed E-state index contributed by atoms with van der Waals surface area (Å²) < 4.78 is 15.8. The van der Waals surface area contributed by atoms with Gasteiger partial charge in [-0.3, -0.25) is 4.79 Å². The standard InChI is InChI=1S/C12H21NO4/c1-15-10-6-11(13-7-10)12(14)17-8-9-2-4-16-5-3-9/h9-11,13H,2-8H2,1H3. The molecule has 2 saturated heterocycles. The molecule has 2 aliphatic heterocycles. The summed E-state index contributed by atoms with van der Waals surface area (Å²) >= 11 is 0. The van der Waals surface area contributed by atoms with E-state index in [-0.39, 0.29) is 18.1 Å². The van der Waals surface area contributed by atoms with Gasteiger partial charge in [-0.05, 0) is 18.8 Å². The van der Waals surface area contributed by atoms with Gasteiger partial charge >= 0.3 is 5.97 Å². The molecule has 0 aromatic carbocycles. The van der Waals surface area contributed by atoms with Gasteiger partial charge in [-0.25, -0.2) is 0 Å². The molecule has 0 aromatic heterocycles. The van der Waals surface area contributed by atoms with E-state index in [1.807, 2.05) is 0 Å². The number of hydrogen-bond donors (Lipinski definition) is 1. The number of nitrogens with one attached hydrogen (secondary N) is 1. The molecule has 98 valence electrons. The van der Waals surface area contributed by atoms with Crippen molar-refractivity contribution in [1.82, 2.24) is 5.32 Å². The zero-order valence-corrected chi connectivity index (χ0v) is 10.3. The number of carbonyl (C=O) groups is 1. The van der Waals surface area contributed by atoms with Crippen LogP contribution < -0.4 is 5.32 Å². The van der Waals surface area contributed by atoms with Crippen LogP contribution >= 0.6 is 0 Å². The first-order chi connectivity index (χ1) is 8.29. The van der Waals surface area contributed by atoms with Crippen molar-refractivity contribution in [3.05, 3.63) is 0 Å². The Balaban J connectivity index is 1.66. The van der Waals surface area contributed by atoms with Crippen molar-refractivity contribution in [3.8, 4) is 0 Å². The molecule has 0 radical (unpaired) electrons. The lowest BCUT2D eigenvalue weighted by atomic mass is 10.0. The van der Waals surface area contributed by atoms with Crippen LogP contribution in [0.5, 0.6) is 0 Å². The molecule has 2 heterocycles. The number of methoxy groups -OCH3 is 1. The molecule has 2 aliphatic rings. The molecular weight excluding hydrogens is 222 g/mol. The molecule has 1 N–H and O–H groups in total. The Kier molecular flexibility index (Phi) is 4.76. The zero-order chi connectivity index (χ0) is 12.1. The van der Waals surface area contributed by atoms with Gasteiger partial charge in [-0.2, -0.15) is 0 Å². The van der Waals surface area contributed by atoms with Crippen molar-refractivity contribution >= 4 is 5.97 Å². The highest BCUT2D eigenvalue weighted by atomic mass is 16.5. The van der Waals surface area contributed by atoms with Gasteiger partial charge < -0.3 is 19.5 Å². The SMILES string of the molecule is COC1CNC(C(=O)OCC2CCOCC2)C1. The number of carbonyl (C=O) groups excluding carboxylic acids is 1. The number of ether oxygens (including phenoxy) is 3. The van der Waals surface area contributed by atoms with E-state index in [0.717, 1.165) is 32.6 Å². The quantitative estimate of drug-likeness (QED) is 0.721. The second-order valence-electron chi connectivity index (χ2n) is 4.74. The van der Waals surface area contributed by atoms with Crippen LogP contribution in [0.4, 0.5) is 0 Å². The van der Waals surface area contributed by atoms with Crippen molar-refractivity contribution < 1.29 is 19.0 Å². The molecule has 0 aromatic rings. The summed E-state index contributed by atoms with van der Waals surface area (Å²) in [5.74, 6) is 0.323. The Morgan fingerprint density at radius 3 is 2.82 bits per heavy atom. The van der Waals surface area contributed by atoms with Gasteiger partial charge in [0, 0.05) is 33.3 Å². The van der Waals surface area contributed by atoms with Gasteiger partial charge in [0.25, 0.3) is 0 Å². The van der Waals surface area contributed by atoms with Crippen LogP contribution in [-0.4, -0.2) is 51.6 Å². The first-order valence-corrected chi connectivity index (χ1v) is 6.30. The third kappa shape index (κ3) is 3.66. The summed E-state index contributed by atoms with van der Waals surface area (Å²) in [5, 5.41) is 3.12. The van der Waals surface area contributed by atoms with Crippen molar-refractivity contribution in [1.29, 1.82) is 0 Å². The molecule has 2 rings (SSSR count). The lowest BCUT2D eigenvalue weighted by Crippen LogP contribution is -2.34. The maximum absolute atomic E-state index is 11.8. The Hall–Kier alpha value is -0.650. The van der Waals surface area contributed by atoms with Crippen molar-refractivity contribution in [3.63, 3.8) is 0 Å². The minimum Gasteiger partial charge on any atom is -0.464 e. The van der Waals surface area contributed by atoms with Gasteiger partial charge in [0.05, 0.1) is 12.7 Å². The molecule has 0 spiro atoms. The van der Waals surface area contributed by atoms with Crippen LogP contribution in [0.25, 0.3) is 0 Å². The van der Waals surface area contributed by atoms with E-state index in [4.69, 9.17) is 14.2 Å². The number of rotatable bonds is 4. The van der Waals surface area contributed by atoms with Gasteiger partial charge in [0.1, 0.15) is 6.04 Å². The third-order valence-corrected chi connectivity index (χ3v) is 3.51. The van der Waals surface area contributed by atoms with E-state index in [1.54, 1.807) is 7.11 Å². The molecule has 5 heteroatoms. The summed E-state index contributed by atoms with van der Waals surface area (Å²) in [6, 6.07) is -0.195. The maximum atomic E-state index is 11.8. The van der Waals surface area contributed by atoms with Crippen LogP contribution in [0, 0.1) is 5.92 Å². The summed E-state index contributed by atoms with van der Waals surface area (Å²) in [5.41, 5.74) is 0. The smallest absolute Gasteiger partial charge is 0.323 e. The van der Waals surface area contributed by atoms with Crippen molar-refractivity contribution in [2.45, 2.75) is 31.4 Å². The highest BCUT2D eigenvalue weighted by Crippen LogP contribution is 2.16. The van der Waals surface area contributed by atoms with Crippen LogP contribution in [0.3, 0.4) is 0 Å².